The molecule has 8 heteroatoms. The van der Waals surface area contributed by atoms with Crippen molar-refractivity contribution >= 4 is 40.9 Å². The largest absolute Gasteiger partial charge is 0.495 e. The minimum absolute atomic E-state index is 0.121. The van der Waals surface area contributed by atoms with E-state index in [1.54, 1.807) is 24.3 Å². The van der Waals surface area contributed by atoms with Crippen LogP contribution in [-0.4, -0.2) is 20.1 Å². The molecule has 0 radical (unpaired) electrons. The number of carbonyl (C=O) groups excluding carboxylic acids is 1. The van der Waals surface area contributed by atoms with Gasteiger partial charge in [0.15, 0.2) is 0 Å². The van der Waals surface area contributed by atoms with Crippen molar-refractivity contribution < 1.29 is 19.0 Å². The normalized spacial score (nSPS) is 10.8. The lowest BCUT2D eigenvalue weighted by Crippen LogP contribution is -2.14. The molecule has 0 atom stereocenters. The van der Waals surface area contributed by atoms with Crippen LogP contribution in [0.15, 0.2) is 66.2 Å². The Labute approximate surface area is 201 Å². The van der Waals surface area contributed by atoms with Crippen LogP contribution in [0.25, 0.3) is 6.08 Å². The van der Waals surface area contributed by atoms with Gasteiger partial charge < -0.3 is 19.5 Å². The van der Waals surface area contributed by atoms with Crippen LogP contribution in [0.1, 0.15) is 11.1 Å². The van der Waals surface area contributed by atoms with E-state index in [-0.39, 0.29) is 12.2 Å². The van der Waals surface area contributed by atoms with E-state index in [2.05, 4.69) is 5.32 Å². The zero-order chi connectivity index (χ0) is 23.8. The molecule has 0 unspecified atom stereocenters. The lowest BCUT2D eigenvalue weighted by atomic mass is 10.1. The highest BCUT2D eigenvalue weighted by Crippen LogP contribution is 2.36. The molecular weight excluding hydrogens is 463 g/mol. The van der Waals surface area contributed by atoms with Crippen molar-refractivity contribution in [2.45, 2.75) is 6.61 Å². The predicted molar refractivity (Wildman–Crippen MR) is 129 cm³/mol. The van der Waals surface area contributed by atoms with Crippen molar-refractivity contribution in [3.05, 3.63) is 87.4 Å². The fraction of sp³-hybridized carbons (Fsp3) is 0.120. The first-order valence-electron chi connectivity index (χ1n) is 9.76. The van der Waals surface area contributed by atoms with Gasteiger partial charge in [0.25, 0.3) is 5.91 Å². The van der Waals surface area contributed by atoms with Crippen molar-refractivity contribution in [2.75, 3.05) is 19.5 Å². The van der Waals surface area contributed by atoms with Crippen molar-refractivity contribution in [3.63, 3.8) is 0 Å². The number of nitrogens with zero attached hydrogens (tertiary/aromatic N) is 1. The van der Waals surface area contributed by atoms with Crippen LogP contribution in [0.4, 0.5) is 5.69 Å². The van der Waals surface area contributed by atoms with Gasteiger partial charge in [0.05, 0.1) is 24.9 Å². The average molecular weight is 483 g/mol. The van der Waals surface area contributed by atoms with Crippen molar-refractivity contribution in [3.8, 4) is 23.3 Å². The molecule has 0 saturated heterocycles. The highest BCUT2D eigenvalue weighted by atomic mass is 35.5. The lowest BCUT2D eigenvalue weighted by Gasteiger charge is -2.13. The number of amides is 1. The van der Waals surface area contributed by atoms with Crippen molar-refractivity contribution in [1.29, 1.82) is 5.26 Å². The van der Waals surface area contributed by atoms with Crippen LogP contribution in [0, 0.1) is 11.3 Å². The highest BCUT2D eigenvalue weighted by Gasteiger charge is 2.16. The number of para-hydroxylation sites is 1. The van der Waals surface area contributed by atoms with Gasteiger partial charge in [-0.05, 0) is 29.8 Å². The summed E-state index contributed by atoms with van der Waals surface area (Å²) in [4.78, 5) is 12.8. The number of ether oxygens (including phenoxy) is 3. The van der Waals surface area contributed by atoms with E-state index >= 15 is 0 Å². The SMILES string of the molecule is COc1cc(NC(=O)/C(C#N)=C/c2ccccc2OCc2cccc(Cl)c2)c(OC)cc1Cl. The summed E-state index contributed by atoms with van der Waals surface area (Å²) in [5.41, 5.74) is 1.66. The summed E-state index contributed by atoms with van der Waals surface area (Å²) < 4.78 is 16.4. The Balaban J connectivity index is 1.84. The molecule has 0 aliphatic rings. The van der Waals surface area contributed by atoms with Gasteiger partial charge in [-0.25, -0.2) is 0 Å². The van der Waals surface area contributed by atoms with Crippen LogP contribution in [0.3, 0.4) is 0 Å². The van der Waals surface area contributed by atoms with Gasteiger partial charge in [0.2, 0.25) is 0 Å². The molecule has 3 rings (SSSR count). The molecule has 33 heavy (non-hydrogen) atoms. The van der Waals surface area contributed by atoms with Crippen LogP contribution in [-0.2, 0) is 11.4 Å². The molecule has 0 aliphatic carbocycles. The van der Waals surface area contributed by atoms with E-state index in [0.29, 0.717) is 38.5 Å². The van der Waals surface area contributed by atoms with E-state index < -0.39 is 5.91 Å². The Morgan fingerprint density at radius 1 is 1.00 bits per heavy atom. The lowest BCUT2D eigenvalue weighted by molar-refractivity contribution is -0.112. The fourth-order valence-corrected chi connectivity index (χ4v) is 3.41. The summed E-state index contributed by atoms with van der Waals surface area (Å²) in [7, 11) is 2.91. The molecule has 3 aromatic rings. The minimum atomic E-state index is -0.621. The molecular formula is C25H20Cl2N2O4. The smallest absolute Gasteiger partial charge is 0.266 e. The molecule has 168 valence electrons. The summed E-state index contributed by atoms with van der Waals surface area (Å²) in [5, 5.41) is 13.2. The Hall–Kier alpha value is -3.66. The van der Waals surface area contributed by atoms with E-state index in [1.807, 2.05) is 30.3 Å². The molecule has 1 N–H and O–H groups in total. The van der Waals surface area contributed by atoms with Crippen molar-refractivity contribution in [2.24, 2.45) is 0 Å². The topological polar surface area (TPSA) is 80.6 Å². The molecule has 0 heterocycles. The quantitative estimate of drug-likeness (QED) is 0.308. The molecule has 0 aliphatic heterocycles. The number of nitrogens with one attached hydrogen (secondary N) is 1. The number of halogens is 2. The fourth-order valence-electron chi connectivity index (χ4n) is 2.97. The van der Waals surface area contributed by atoms with Gasteiger partial charge in [-0.3, -0.25) is 4.79 Å². The number of hydrogen-bond donors (Lipinski definition) is 1. The third-order valence-corrected chi connectivity index (χ3v) is 5.12. The minimum Gasteiger partial charge on any atom is -0.495 e. The van der Waals surface area contributed by atoms with Gasteiger partial charge >= 0.3 is 0 Å². The Bertz CT molecular complexity index is 1240. The Kier molecular flexibility index (Phi) is 8.20. The monoisotopic (exact) mass is 482 g/mol. The third kappa shape index (κ3) is 6.19. The van der Waals surface area contributed by atoms with E-state index in [1.165, 1.54) is 32.4 Å². The standard InChI is InChI=1S/C25H20Cl2N2O4/c1-31-23-13-21(24(32-2)12-20(23)27)29-25(30)18(14-28)11-17-7-3-4-9-22(17)33-15-16-6-5-8-19(26)10-16/h3-13H,15H2,1-2H3,(H,29,30)/b18-11+. The second-order valence-electron chi connectivity index (χ2n) is 6.77. The molecule has 0 saturated carbocycles. The number of methoxy groups -OCH3 is 2. The molecule has 0 aromatic heterocycles. The summed E-state index contributed by atoms with van der Waals surface area (Å²) in [6.07, 6.45) is 1.46. The molecule has 0 fully saturated rings. The number of anilines is 1. The second kappa shape index (κ2) is 11.3. The second-order valence-corrected chi connectivity index (χ2v) is 7.61. The van der Waals surface area contributed by atoms with Gasteiger partial charge in [-0.15, -0.1) is 0 Å². The molecule has 0 bridgehead atoms. The van der Waals surface area contributed by atoms with E-state index in [0.717, 1.165) is 5.56 Å². The van der Waals surface area contributed by atoms with Crippen molar-refractivity contribution in [1.82, 2.24) is 0 Å². The maximum Gasteiger partial charge on any atom is 0.266 e. The summed E-state index contributed by atoms with van der Waals surface area (Å²) in [5.74, 6) is 0.584. The maximum atomic E-state index is 12.8. The zero-order valence-corrected chi connectivity index (χ0v) is 19.4. The highest BCUT2D eigenvalue weighted by molar-refractivity contribution is 6.32. The first kappa shape index (κ1) is 24.0. The predicted octanol–water partition coefficient (Wildman–Crippen LogP) is 6.14. The Morgan fingerprint density at radius 3 is 2.45 bits per heavy atom. The van der Waals surface area contributed by atoms with Gasteiger partial charge in [-0.2, -0.15) is 5.26 Å². The number of benzene rings is 3. The first-order valence-corrected chi connectivity index (χ1v) is 10.5. The first-order chi connectivity index (χ1) is 15.9. The zero-order valence-electron chi connectivity index (χ0n) is 17.9. The van der Waals surface area contributed by atoms with E-state index in [9.17, 15) is 10.1 Å². The summed E-state index contributed by atoms with van der Waals surface area (Å²) >= 11 is 12.1. The number of rotatable bonds is 8. The summed E-state index contributed by atoms with van der Waals surface area (Å²) in [6.45, 7) is 0.279. The van der Waals surface area contributed by atoms with Gasteiger partial charge in [0, 0.05) is 22.7 Å². The third-order valence-electron chi connectivity index (χ3n) is 4.59. The van der Waals surface area contributed by atoms with Crippen LogP contribution in [0.2, 0.25) is 10.0 Å². The molecule has 0 spiro atoms. The maximum absolute atomic E-state index is 12.8. The molecule has 3 aromatic carbocycles. The number of nitriles is 1. The molecule has 1 amide bonds. The van der Waals surface area contributed by atoms with Gasteiger partial charge in [-0.1, -0.05) is 53.5 Å². The molecule has 6 nitrogen and oxygen atoms in total. The number of hydrogen-bond acceptors (Lipinski definition) is 5. The van der Waals surface area contributed by atoms with Crippen LogP contribution in [0.5, 0.6) is 17.2 Å². The Morgan fingerprint density at radius 2 is 1.76 bits per heavy atom. The summed E-state index contributed by atoms with van der Waals surface area (Å²) in [6, 6.07) is 19.4. The van der Waals surface area contributed by atoms with Crippen LogP contribution >= 0.6 is 23.2 Å². The number of carbonyl (C=O) groups is 1. The average Bonchev–Trinajstić information content (AvgIpc) is 2.82. The van der Waals surface area contributed by atoms with E-state index in [4.69, 9.17) is 37.4 Å². The van der Waals surface area contributed by atoms with Gasteiger partial charge in [0.1, 0.15) is 35.5 Å². The van der Waals surface area contributed by atoms with Crippen LogP contribution < -0.4 is 19.5 Å².